The summed E-state index contributed by atoms with van der Waals surface area (Å²) in [5.41, 5.74) is 2.58. The molecular weight excluding hydrogens is 363 g/mol. The average Bonchev–Trinajstić information content (AvgIpc) is 3.02. The summed E-state index contributed by atoms with van der Waals surface area (Å²) in [5.74, 6) is 0.488. The molecule has 0 fully saturated rings. The van der Waals surface area contributed by atoms with E-state index < -0.39 is 0 Å². The molecule has 3 aromatic rings. The molecule has 6 heteroatoms. The number of thiazole rings is 1. The van der Waals surface area contributed by atoms with Crippen molar-refractivity contribution in [1.29, 1.82) is 0 Å². The Bertz CT molecular complexity index is 969. The lowest BCUT2D eigenvalue weighted by Gasteiger charge is -2.26. The summed E-state index contributed by atoms with van der Waals surface area (Å²) >= 11 is 1.50. The van der Waals surface area contributed by atoms with Crippen LogP contribution in [0.15, 0.2) is 48.5 Å². The molecule has 4 rings (SSSR count). The molecule has 1 aliphatic heterocycles. The Morgan fingerprint density at radius 2 is 2.04 bits per heavy atom. The molecule has 0 unspecified atom stereocenters. The first-order valence-electron chi connectivity index (χ1n) is 8.83. The highest BCUT2D eigenvalue weighted by atomic mass is 32.1. The van der Waals surface area contributed by atoms with Gasteiger partial charge in [-0.25, -0.2) is 9.37 Å². The van der Waals surface area contributed by atoms with E-state index in [9.17, 15) is 9.18 Å². The van der Waals surface area contributed by atoms with Gasteiger partial charge < -0.3 is 10.1 Å². The van der Waals surface area contributed by atoms with Gasteiger partial charge >= 0.3 is 0 Å². The van der Waals surface area contributed by atoms with Crippen molar-refractivity contribution in [2.45, 2.75) is 25.8 Å². The molecule has 1 N–H and O–H groups in total. The molecule has 2 aromatic carbocycles. The van der Waals surface area contributed by atoms with E-state index in [2.05, 4.69) is 10.3 Å². The van der Waals surface area contributed by atoms with E-state index in [0.717, 1.165) is 38.9 Å². The van der Waals surface area contributed by atoms with Gasteiger partial charge in [0.25, 0.3) is 0 Å². The molecule has 0 spiro atoms. The normalized spacial score (nSPS) is 15.7. The molecule has 0 radical (unpaired) electrons. The molecule has 0 saturated carbocycles. The second-order valence-corrected chi connectivity index (χ2v) is 7.77. The maximum absolute atomic E-state index is 13.2. The van der Waals surface area contributed by atoms with Crippen LogP contribution in [0.4, 0.5) is 4.39 Å². The molecular formula is C21H19FN2O2S. The van der Waals surface area contributed by atoms with Crippen molar-refractivity contribution in [3.8, 4) is 17.0 Å². The lowest BCUT2D eigenvalue weighted by molar-refractivity contribution is -0.121. The number of hydrogen-bond donors (Lipinski definition) is 1. The lowest BCUT2D eigenvalue weighted by atomic mass is 10.0. The van der Waals surface area contributed by atoms with E-state index >= 15 is 0 Å². The molecule has 27 heavy (non-hydrogen) atoms. The highest BCUT2D eigenvalue weighted by Crippen LogP contribution is 2.32. The van der Waals surface area contributed by atoms with Crippen molar-refractivity contribution in [2.24, 2.45) is 0 Å². The molecule has 0 bridgehead atoms. The Hall–Kier alpha value is -2.73. The largest absolute Gasteiger partial charge is 0.493 e. The van der Waals surface area contributed by atoms with E-state index in [-0.39, 0.29) is 24.2 Å². The lowest BCUT2D eigenvalue weighted by Crippen LogP contribution is -2.33. The average molecular weight is 382 g/mol. The number of carbonyl (C=O) groups excluding carboxylic acids is 1. The molecule has 2 heterocycles. The standard InChI is InChI=1S/C21H19FN2O2S/c1-13-23-21(14-6-8-15(22)9-7-14)19(27-13)12-20(25)24-17-10-11-26-18-5-3-2-4-16(17)18/h2-9,17H,10-12H2,1H3,(H,24,25)/t17-/m0/s1. The third-order valence-corrected chi connectivity index (χ3v) is 5.51. The minimum Gasteiger partial charge on any atom is -0.493 e. The summed E-state index contributed by atoms with van der Waals surface area (Å²) in [5, 5.41) is 4.00. The van der Waals surface area contributed by atoms with Gasteiger partial charge in [-0.05, 0) is 37.3 Å². The smallest absolute Gasteiger partial charge is 0.225 e. The fourth-order valence-electron chi connectivity index (χ4n) is 3.31. The number of aromatic nitrogens is 1. The summed E-state index contributed by atoms with van der Waals surface area (Å²) in [4.78, 5) is 18.1. The third kappa shape index (κ3) is 3.85. The van der Waals surface area contributed by atoms with Gasteiger partial charge in [0.2, 0.25) is 5.91 Å². The van der Waals surface area contributed by atoms with Crippen molar-refractivity contribution in [3.63, 3.8) is 0 Å². The fourth-order valence-corrected chi connectivity index (χ4v) is 4.26. The number of fused-ring (bicyclic) bond motifs is 1. The van der Waals surface area contributed by atoms with Crippen LogP contribution in [0.3, 0.4) is 0 Å². The molecule has 138 valence electrons. The van der Waals surface area contributed by atoms with Crippen LogP contribution < -0.4 is 10.1 Å². The molecule has 0 aliphatic carbocycles. The number of aryl methyl sites for hydroxylation is 1. The highest BCUT2D eigenvalue weighted by molar-refractivity contribution is 7.12. The van der Waals surface area contributed by atoms with Crippen molar-refractivity contribution < 1.29 is 13.9 Å². The monoisotopic (exact) mass is 382 g/mol. The minimum atomic E-state index is -0.289. The van der Waals surface area contributed by atoms with Gasteiger partial charge in [-0.2, -0.15) is 0 Å². The molecule has 1 atom stereocenters. The number of nitrogens with zero attached hydrogens (tertiary/aromatic N) is 1. The summed E-state index contributed by atoms with van der Waals surface area (Å²) in [7, 11) is 0. The first kappa shape index (κ1) is 17.7. The summed E-state index contributed by atoms with van der Waals surface area (Å²) in [6.07, 6.45) is 0.993. The zero-order valence-electron chi connectivity index (χ0n) is 14.9. The van der Waals surface area contributed by atoms with Gasteiger partial charge in [0, 0.05) is 22.4 Å². The minimum absolute atomic E-state index is 0.0502. The Labute approximate surface area is 161 Å². The number of nitrogens with one attached hydrogen (secondary N) is 1. The van der Waals surface area contributed by atoms with Gasteiger partial charge in [-0.15, -0.1) is 11.3 Å². The Kier molecular flexibility index (Phi) is 4.90. The Morgan fingerprint density at radius 1 is 1.26 bits per heavy atom. The van der Waals surface area contributed by atoms with E-state index in [1.165, 1.54) is 23.5 Å². The van der Waals surface area contributed by atoms with E-state index in [0.29, 0.717) is 6.61 Å². The molecule has 0 saturated heterocycles. The van der Waals surface area contributed by atoms with Crippen LogP contribution in [0.5, 0.6) is 5.75 Å². The number of amides is 1. The Balaban J connectivity index is 1.52. The number of halogens is 1. The van der Waals surface area contributed by atoms with Gasteiger partial charge in [-0.1, -0.05) is 18.2 Å². The number of rotatable bonds is 4. The number of carbonyl (C=O) groups is 1. The van der Waals surface area contributed by atoms with E-state index in [4.69, 9.17) is 4.74 Å². The van der Waals surface area contributed by atoms with Crippen molar-refractivity contribution in [1.82, 2.24) is 10.3 Å². The van der Waals surface area contributed by atoms with Crippen LogP contribution in [0.25, 0.3) is 11.3 Å². The van der Waals surface area contributed by atoms with E-state index in [1.807, 2.05) is 31.2 Å². The quantitative estimate of drug-likeness (QED) is 0.726. The topological polar surface area (TPSA) is 51.2 Å². The molecule has 1 aliphatic rings. The SMILES string of the molecule is Cc1nc(-c2ccc(F)cc2)c(CC(=O)N[C@H]2CCOc3ccccc32)s1. The van der Waals surface area contributed by atoms with Gasteiger partial charge in [0.05, 0.1) is 29.8 Å². The molecule has 1 aromatic heterocycles. The third-order valence-electron chi connectivity index (χ3n) is 4.54. The summed E-state index contributed by atoms with van der Waals surface area (Å²) < 4.78 is 18.9. The first-order chi connectivity index (χ1) is 13.1. The second kappa shape index (κ2) is 7.48. The maximum Gasteiger partial charge on any atom is 0.225 e. The van der Waals surface area contributed by atoms with E-state index in [1.54, 1.807) is 12.1 Å². The number of hydrogen-bond acceptors (Lipinski definition) is 4. The van der Waals surface area contributed by atoms with Gasteiger partial charge in [0.15, 0.2) is 0 Å². The number of benzene rings is 2. The number of ether oxygens (including phenoxy) is 1. The van der Waals surface area contributed by atoms with Gasteiger partial charge in [0.1, 0.15) is 11.6 Å². The van der Waals surface area contributed by atoms with Crippen LogP contribution in [-0.2, 0) is 11.2 Å². The summed E-state index contributed by atoms with van der Waals surface area (Å²) in [6.45, 7) is 2.50. The summed E-state index contributed by atoms with van der Waals surface area (Å²) in [6, 6.07) is 13.9. The fraction of sp³-hybridized carbons (Fsp3) is 0.238. The zero-order chi connectivity index (χ0) is 18.8. The highest BCUT2D eigenvalue weighted by Gasteiger charge is 2.23. The van der Waals surface area contributed by atoms with Gasteiger partial charge in [-0.3, -0.25) is 4.79 Å². The maximum atomic E-state index is 13.2. The van der Waals surface area contributed by atoms with Crippen molar-refractivity contribution in [2.75, 3.05) is 6.61 Å². The van der Waals surface area contributed by atoms with Crippen LogP contribution in [0.2, 0.25) is 0 Å². The predicted octanol–water partition coefficient (Wildman–Crippen LogP) is 4.44. The first-order valence-corrected chi connectivity index (χ1v) is 9.65. The van der Waals surface area contributed by atoms with Crippen LogP contribution in [0, 0.1) is 12.7 Å². The zero-order valence-corrected chi connectivity index (χ0v) is 15.7. The van der Waals surface area contributed by atoms with Crippen LogP contribution in [0.1, 0.15) is 27.9 Å². The van der Waals surface area contributed by atoms with Crippen LogP contribution in [-0.4, -0.2) is 17.5 Å². The van der Waals surface area contributed by atoms with Crippen LogP contribution >= 0.6 is 11.3 Å². The molecule has 4 nitrogen and oxygen atoms in total. The second-order valence-electron chi connectivity index (χ2n) is 6.48. The molecule has 1 amide bonds. The number of para-hydroxylation sites is 1. The predicted molar refractivity (Wildman–Crippen MR) is 103 cm³/mol. The van der Waals surface area contributed by atoms with Crippen molar-refractivity contribution in [3.05, 3.63) is 69.8 Å². The van der Waals surface area contributed by atoms with Crippen molar-refractivity contribution >= 4 is 17.2 Å². The Morgan fingerprint density at radius 3 is 2.85 bits per heavy atom.